The van der Waals surface area contributed by atoms with Gasteiger partial charge in [-0.1, -0.05) is 50.2 Å². The molecule has 1 unspecified atom stereocenters. The van der Waals surface area contributed by atoms with Gasteiger partial charge in [0.15, 0.2) is 6.23 Å². The molecule has 0 saturated heterocycles. The monoisotopic (exact) mass is 435 g/mol. The molecule has 0 bridgehead atoms. The Bertz CT molecular complexity index is 822. The van der Waals surface area contributed by atoms with Crippen LogP contribution in [0.5, 0.6) is 0 Å². The molecule has 1 atom stereocenters. The van der Waals surface area contributed by atoms with E-state index in [0.29, 0.717) is 23.6 Å². The van der Waals surface area contributed by atoms with Gasteiger partial charge in [0, 0.05) is 17.0 Å². The standard InChI is InChI=1S/C22H29ClFN3O.C2H6/c1-7-9-15(4)27-13-17(8-2)12-19(16(5)25)28-22(26-6)20-14(3)10-11-18(24)21(20)23;1-2/h7-12,22,26H,2,13,25H2,1,3-6H3;1-2H3/b9-7-,17-12+,19-16-,27-15?;. The van der Waals surface area contributed by atoms with Gasteiger partial charge in [-0.3, -0.25) is 10.3 Å². The van der Waals surface area contributed by atoms with Crippen molar-refractivity contribution in [1.82, 2.24) is 5.32 Å². The molecule has 166 valence electrons. The summed E-state index contributed by atoms with van der Waals surface area (Å²) in [6.07, 6.45) is 6.66. The maximum absolute atomic E-state index is 14.0. The van der Waals surface area contributed by atoms with Crippen molar-refractivity contribution in [1.29, 1.82) is 0 Å². The Morgan fingerprint density at radius 1 is 1.37 bits per heavy atom. The van der Waals surface area contributed by atoms with Crippen molar-refractivity contribution in [3.8, 4) is 0 Å². The van der Waals surface area contributed by atoms with Gasteiger partial charge in [-0.15, -0.1) is 0 Å². The SMILES string of the molecule is C=C/C(=C\C(OC(NC)c1c(C)ccc(F)c1Cl)=C(/C)N)CN=C(C)/C=C\C.CC. The lowest BCUT2D eigenvalue weighted by Gasteiger charge is -2.23. The van der Waals surface area contributed by atoms with E-state index < -0.39 is 12.0 Å². The predicted molar refractivity (Wildman–Crippen MR) is 128 cm³/mol. The zero-order chi connectivity index (χ0) is 23.3. The molecule has 0 aliphatic rings. The molecule has 1 aromatic carbocycles. The van der Waals surface area contributed by atoms with Gasteiger partial charge in [-0.2, -0.15) is 0 Å². The van der Waals surface area contributed by atoms with Crippen LogP contribution in [0.3, 0.4) is 0 Å². The number of ether oxygens (including phenoxy) is 1. The molecule has 0 amide bonds. The summed E-state index contributed by atoms with van der Waals surface area (Å²) in [6.45, 7) is 15.7. The lowest BCUT2D eigenvalue weighted by Crippen LogP contribution is -2.22. The molecule has 4 nitrogen and oxygen atoms in total. The van der Waals surface area contributed by atoms with E-state index in [1.165, 1.54) is 6.07 Å². The average molecular weight is 436 g/mol. The molecule has 3 N–H and O–H groups in total. The van der Waals surface area contributed by atoms with Crippen LogP contribution in [0.25, 0.3) is 0 Å². The molecule has 0 saturated carbocycles. The molecule has 1 aromatic rings. The third-order valence-corrected chi connectivity index (χ3v) is 4.39. The van der Waals surface area contributed by atoms with Crippen LogP contribution in [0, 0.1) is 12.7 Å². The van der Waals surface area contributed by atoms with Crippen LogP contribution in [-0.4, -0.2) is 19.3 Å². The zero-order valence-electron chi connectivity index (χ0n) is 19.1. The van der Waals surface area contributed by atoms with Gasteiger partial charge in [0.25, 0.3) is 0 Å². The van der Waals surface area contributed by atoms with Crippen LogP contribution in [0.4, 0.5) is 4.39 Å². The van der Waals surface area contributed by atoms with E-state index in [2.05, 4.69) is 16.9 Å². The molecule has 1 rings (SSSR count). The topological polar surface area (TPSA) is 59.6 Å². The van der Waals surface area contributed by atoms with E-state index in [1.54, 1.807) is 32.2 Å². The van der Waals surface area contributed by atoms with Crippen molar-refractivity contribution in [3.63, 3.8) is 0 Å². The summed E-state index contributed by atoms with van der Waals surface area (Å²) in [5.41, 5.74) is 9.56. The Balaban J connectivity index is 0.00000407. The van der Waals surface area contributed by atoms with Gasteiger partial charge in [-0.05, 0) is 64.1 Å². The summed E-state index contributed by atoms with van der Waals surface area (Å²) in [7, 11) is 1.71. The smallest absolute Gasteiger partial charge is 0.178 e. The highest BCUT2D eigenvalue weighted by Gasteiger charge is 2.21. The molecule has 0 heterocycles. The van der Waals surface area contributed by atoms with Gasteiger partial charge < -0.3 is 10.5 Å². The first-order valence-electron chi connectivity index (χ1n) is 9.96. The Morgan fingerprint density at radius 3 is 2.50 bits per heavy atom. The number of nitrogens with one attached hydrogen (secondary N) is 1. The largest absolute Gasteiger partial charge is 0.469 e. The third kappa shape index (κ3) is 8.56. The van der Waals surface area contributed by atoms with Crippen molar-refractivity contribution in [2.24, 2.45) is 10.7 Å². The maximum atomic E-state index is 14.0. The molecule has 0 fully saturated rings. The number of nitrogens with two attached hydrogens (primary N) is 1. The average Bonchev–Trinajstić information content (AvgIpc) is 2.73. The fourth-order valence-electron chi connectivity index (χ4n) is 2.46. The van der Waals surface area contributed by atoms with Crippen molar-refractivity contribution in [2.45, 2.75) is 47.8 Å². The van der Waals surface area contributed by atoms with Crippen molar-refractivity contribution in [2.75, 3.05) is 13.6 Å². The second-order valence-electron chi connectivity index (χ2n) is 6.31. The fraction of sp³-hybridized carbons (Fsp3) is 0.375. The number of benzene rings is 1. The Kier molecular flexibility index (Phi) is 13.4. The minimum atomic E-state index is -0.674. The fourth-order valence-corrected chi connectivity index (χ4v) is 2.77. The number of hydrogen-bond acceptors (Lipinski definition) is 4. The number of rotatable bonds is 9. The van der Waals surface area contributed by atoms with Crippen LogP contribution >= 0.6 is 11.6 Å². The van der Waals surface area contributed by atoms with Crippen LogP contribution in [-0.2, 0) is 4.74 Å². The summed E-state index contributed by atoms with van der Waals surface area (Å²) < 4.78 is 20.0. The molecular weight excluding hydrogens is 401 g/mol. The Hall–Kier alpha value is -2.37. The van der Waals surface area contributed by atoms with Gasteiger partial charge in [0.05, 0.1) is 11.6 Å². The first-order valence-corrected chi connectivity index (χ1v) is 10.3. The van der Waals surface area contributed by atoms with Gasteiger partial charge >= 0.3 is 0 Å². The van der Waals surface area contributed by atoms with Crippen LogP contribution < -0.4 is 11.1 Å². The molecule has 0 aromatic heterocycles. The second-order valence-corrected chi connectivity index (χ2v) is 6.68. The normalized spacial score (nSPS) is 14.0. The molecule has 30 heavy (non-hydrogen) atoms. The number of allylic oxidation sites excluding steroid dienone is 4. The van der Waals surface area contributed by atoms with E-state index in [1.807, 2.05) is 46.8 Å². The Labute approximate surface area is 186 Å². The number of aryl methyl sites for hydroxylation is 1. The molecule has 0 aliphatic carbocycles. The number of halogens is 2. The van der Waals surface area contributed by atoms with Crippen LogP contribution in [0.15, 0.2) is 65.0 Å². The van der Waals surface area contributed by atoms with E-state index in [-0.39, 0.29) is 5.02 Å². The molecule has 0 spiro atoms. The van der Waals surface area contributed by atoms with Gasteiger partial charge in [-0.25, -0.2) is 4.39 Å². The first kappa shape index (κ1) is 27.6. The van der Waals surface area contributed by atoms with E-state index in [9.17, 15) is 4.39 Å². The quantitative estimate of drug-likeness (QED) is 0.204. The molecular formula is C24H35ClFN3O. The minimum absolute atomic E-state index is 0.0212. The van der Waals surface area contributed by atoms with Crippen LogP contribution in [0.1, 0.15) is 52.0 Å². The summed E-state index contributed by atoms with van der Waals surface area (Å²) in [4.78, 5) is 4.48. The highest BCUT2D eigenvalue weighted by Crippen LogP contribution is 2.31. The summed E-state index contributed by atoms with van der Waals surface area (Å²) in [5.74, 6) is -0.0647. The molecule has 0 aliphatic heterocycles. The van der Waals surface area contributed by atoms with E-state index in [0.717, 1.165) is 16.8 Å². The predicted octanol–water partition coefficient (Wildman–Crippen LogP) is 6.39. The van der Waals surface area contributed by atoms with Crippen molar-refractivity contribution in [3.05, 3.63) is 82.0 Å². The highest BCUT2D eigenvalue weighted by atomic mass is 35.5. The highest BCUT2D eigenvalue weighted by molar-refractivity contribution is 6.31. The number of hydrogen-bond donors (Lipinski definition) is 2. The summed E-state index contributed by atoms with van der Waals surface area (Å²) >= 11 is 6.18. The molecule has 6 heteroatoms. The van der Waals surface area contributed by atoms with Crippen molar-refractivity contribution >= 4 is 17.3 Å². The Morgan fingerprint density at radius 2 is 2.00 bits per heavy atom. The maximum Gasteiger partial charge on any atom is 0.178 e. The second kappa shape index (κ2) is 14.6. The van der Waals surface area contributed by atoms with Gasteiger partial charge in [0.1, 0.15) is 11.6 Å². The lowest BCUT2D eigenvalue weighted by atomic mass is 10.1. The molecule has 0 radical (unpaired) electrons. The zero-order valence-corrected chi connectivity index (χ0v) is 19.9. The van der Waals surface area contributed by atoms with E-state index >= 15 is 0 Å². The number of aliphatic imine (C=N–C) groups is 1. The lowest BCUT2D eigenvalue weighted by molar-refractivity contribution is 0.0989. The van der Waals surface area contributed by atoms with Crippen molar-refractivity contribution < 1.29 is 9.13 Å². The minimum Gasteiger partial charge on any atom is -0.469 e. The first-order chi connectivity index (χ1) is 14.2. The number of nitrogens with zero attached hydrogens (tertiary/aromatic N) is 1. The van der Waals surface area contributed by atoms with Crippen LogP contribution in [0.2, 0.25) is 5.02 Å². The third-order valence-electron chi connectivity index (χ3n) is 4.01. The van der Waals surface area contributed by atoms with Gasteiger partial charge in [0.2, 0.25) is 0 Å². The summed E-state index contributed by atoms with van der Waals surface area (Å²) in [6, 6.07) is 2.99. The van der Waals surface area contributed by atoms with E-state index in [4.69, 9.17) is 22.1 Å². The summed E-state index contributed by atoms with van der Waals surface area (Å²) in [5, 5.41) is 3.04.